The van der Waals surface area contributed by atoms with Crippen LogP contribution in [0.5, 0.6) is 0 Å². The maximum atomic E-state index is 12.8. The van der Waals surface area contributed by atoms with Crippen LogP contribution in [0.25, 0.3) is 0 Å². The summed E-state index contributed by atoms with van der Waals surface area (Å²) in [5, 5.41) is 2.96. The number of rotatable bonds is 1. The molecule has 2 aliphatic heterocycles. The second kappa shape index (κ2) is 4.98. The minimum Gasteiger partial charge on any atom is -0.366 e. The predicted molar refractivity (Wildman–Crippen MR) is 85.3 cm³/mol. The summed E-state index contributed by atoms with van der Waals surface area (Å²) in [7, 11) is 0. The highest BCUT2D eigenvalue weighted by atomic mass is 16.2. The topological polar surface area (TPSA) is 61.4 Å². The fraction of sp³-hybridized carbons (Fsp3) is 0.312. The molecule has 2 aliphatic rings. The van der Waals surface area contributed by atoms with Gasteiger partial charge >= 0.3 is 6.03 Å². The standard InChI is InChI=1S/C16H17N5O/c1-11-9-12(4-7-17-11)19-16(22)21-13-5-8-20(10-13)14-3-2-6-18-15(14)21/h2-4,6-7,9,13H,5,8,10H2,1H3,(H,17,19,22). The number of amides is 2. The second-order valence-corrected chi connectivity index (χ2v) is 5.72. The molecule has 0 saturated carbocycles. The Kier molecular flexibility index (Phi) is 2.96. The molecule has 4 heterocycles. The van der Waals surface area contributed by atoms with E-state index in [0.29, 0.717) is 0 Å². The normalized spacial score (nSPS) is 19.0. The fourth-order valence-electron chi connectivity index (χ4n) is 3.23. The molecule has 22 heavy (non-hydrogen) atoms. The van der Waals surface area contributed by atoms with Gasteiger partial charge in [-0.3, -0.25) is 9.88 Å². The monoisotopic (exact) mass is 295 g/mol. The Morgan fingerprint density at radius 3 is 3.09 bits per heavy atom. The SMILES string of the molecule is Cc1cc(NC(=O)N2c3ncccc3N3CCC2C3)ccn1. The van der Waals surface area contributed by atoms with Crippen molar-refractivity contribution in [1.82, 2.24) is 9.97 Å². The van der Waals surface area contributed by atoms with Crippen molar-refractivity contribution >= 4 is 23.2 Å². The van der Waals surface area contributed by atoms with E-state index >= 15 is 0 Å². The Labute approximate surface area is 128 Å². The zero-order valence-corrected chi connectivity index (χ0v) is 12.4. The number of nitrogens with one attached hydrogen (secondary N) is 1. The first-order valence-electron chi connectivity index (χ1n) is 7.45. The largest absolute Gasteiger partial charge is 0.366 e. The molecule has 6 nitrogen and oxygen atoms in total. The quantitative estimate of drug-likeness (QED) is 0.877. The molecule has 2 amide bonds. The zero-order chi connectivity index (χ0) is 15.1. The summed E-state index contributed by atoms with van der Waals surface area (Å²) in [4.78, 5) is 25.4. The molecule has 112 valence electrons. The van der Waals surface area contributed by atoms with Crippen molar-refractivity contribution in [2.75, 3.05) is 28.2 Å². The highest BCUT2D eigenvalue weighted by molar-refractivity contribution is 6.04. The van der Waals surface area contributed by atoms with Gasteiger partial charge in [0.15, 0.2) is 5.82 Å². The van der Waals surface area contributed by atoms with Gasteiger partial charge in [-0.15, -0.1) is 0 Å². The third kappa shape index (κ3) is 2.07. The highest BCUT2D eigenvalue weighted by Crippen LogP contribution is 2.38. The molecule has 6 heteroatoms. The first-order chi connectivity index (χ1) is 10.7. The van der Waals surface area contributed by atoms with Crippen molar-refractivity contribution in [3.63, 3.8) is 0 Å². The number of fused-ring (bicyclic) bond motifs is 4. The Hall–Kier alpha value is -2.63. The van der Waals surface area contributed by atoms with Gasteiger partial charge in [-0.25, -0.2) is 9.78 Å². The van der Waals surface area contributed by atoms with Gasteiger partial charge in [-0.2, -0.15) is 0 Å². The van der Waals surface area contributed by atoms with Crippen LogP contribution in [0.15, 0.2) is 36.7 Å². The maximum Gasteiger partial charge on any atom is 0.327 e. The van der Waals surface area contributed by atoms with Gasteiger partial charge in [0, 0.05) is 36.9 Å². The Bertz CT molecular complexity index is 732. The number of carbonyl (C=O) groups excluding carboxylic acids is 1. The van der Waals surface area contributed by atoms with E-state index in [1.165, 1.54) is 0 Å². The lowest BCUT2D eigenvalue weighted by molar-refractivity contribution is 0.255. The molecule has 1 atom stereocenters. The van der Waals surface area contributed by atoms with Crippen LogP contribution in [-0.2, 0) is 0 Å². The Morgan fingerprint density at radius 1 is 1.32 bits per heavy atom. The molecule has 1 unspecified atom stereocenters. The number of anilines is 3. The van der Waals surface area contributed by atoms with Gasteiger partial charge in [-0.1, -0.05) is 0 Å². The van der Waals surface area contributed by atoms with Crippen LogP contribution in [0.2, 0.25) is 0 Å². The first-order valence-corrected chi connectivity index (χ1v) is 7.45. The lowest BCUT2D eigenvalue weighted by Gasteiger charge is -2.35. The molecule has 0 aliphatic carbocycles. The smallest absolute Gasteiger partial charge is 0.327 e. The molecule has 4 rings (SSSR count). The van der Waals surface area contributed by atoms with E-state index in [1.54, 1.807) is 23.4 Å². The Morgan fingerprint density at radius 2 is 2.23 bits per heavy atom. The number of nitrogens with zero attached hydrogens (tertiary/aromatic N) is 4. The number of aromatic nitrogens is 2. The maximum absolute atomic E-state index is 12.8. The molecule has 2 aromatic heterocycles. The van der Waals surface area contributed by atoms with Gasteiger partial charge in [0.05, 0.1) is 11.7 Å². The summed E-state index contributed by atoms with van der Waals surface area (Å²) in [6, 6.07) is 7.67. The lowest BCUT2D eigenvalue weighted by Crippen LogP contribution is -2.48. The van der Waals surface area contributed by atoms with E-state index in [2.05, 4.69) is 20.2 Å². The van der Waals surface area contributed by atoms with Gasteiger partial charge < -0.3 is 10.2 Å². The summed E-state index contributed by atoms with van der Waals surface area (Å²) in [6.07, 6.45) is 4.41. The van der Waals surface area contributed by atoms with Crippen molar-refractivity contribution in [3.05, 3.63) is 42.4 Å². The van der Waals surface area contributed by atoms with Gasteiger partial charge in [-0.05, 0) is 37.6 Å². The molecule has 0 spiro atoms. The number of hydrogen-bond donors (Lipinski definition) is 1. The summed E-state index contributed by atoms with van der Waals surface area (Å²) in [5.74, 6) is 0.750. The summed E-state index contributed by atoms with van der Waals surface area (Å²) < 4.78 is 0. The molecule has 1 saturated heterocycles. The lowest BCUT2D eigenvalue weighted by atomic mass is 10.2. The van der Waals surface area contributed by atoms with Gasteiger partial charge in [0.1, 0.15) is 0 Å². The van der Waals surface area contributed by atoms with E-state index in [0.717, 1.165) is 42.4 Å². The minimum absolute atomic E-state index is 0.128. The molecule has 1 fully saturated rings. The second-order valence-electron chi connectivity index (χ2n) is 5.72. The number of hydrogen-bond acceptors (Lipinski definition) is 4. The van der Waals surface area contributed by atoms with Crippen molar-refractivity contribution in [2.45, 2.75) is 19.4 Å². The third-order valence-electron chi connectivity index (χ3n) is 4.23. The van der Waals surface area contributed by atoms with Crippen molar-refractivity contribution in [2.24, 2.45) is 0 Å². The van der Waals surface area contributed by atoms with E-state index in [4.69, 9.17) is 0 Å². The van der Waals surface area contributed by atoms with Gasteiger partial charge in [0.25, 0.3) is 0 Å². The fourth-order valence-corrected chi connectivity index (χ4v) is 3.23. The summed E-state index contributed by atoms with van der Waals surface area (Å²) in [6.45, 7) is 3.76. The third-order valence-corrected chi connectivity index (χ3v) is 4.23. The van der Waals surface area contributed by atoms with Crippen molar-refractivity contribution in [3.8, 4) is 0 Å². The molecule has 1 N–H and O–H groups in total. The first kappa shape index (κ1) is 13.1. The molecule has 0 aromatic carbocycles. The molecule has 2 bridgehead atoms. The average Bonchev–Trinajstić information content (AvgIpc) is 2.92. The summed E-state index contributed by atoms with van der Waals surface area (Å²) >= 11 is 0. The predicted octanol–water partition coefficient (Wildman–Crippen LogP) is 2.42. The highest BCUT2D eigenvalue weighted by Gasteiger charge is 2.39. The molecule has 0 radical (unpaired) electrons. The van der Waals surface area contributed by atoms with Crippen molar-refractivity contribution < 1.29 is 4.79 Å². The van der Waals surface area contributed by atoms with Crippen LogP contribution in [0, 0.1) is 6.92 Å². The number of pyridine rings is 2. The van der Waals surface area contributed by atoms with Crippen LogP contribution < -0.4 is 15.1 Å². The van der Waals surface area contributed by atoms with E-state index < -0.39 is 0 Å². The van der Waals surface area contributed by atoms with Crippen molar-refractivity contribution in [1.29, 1.82) is 0 Å². The number of urea groups is 1. The Balaban J connectivity index is 1.66. The van der Waals surface area contributed by atoms with Gasteiger partial charge in [0.2, 0.25) is 0 Å². The summed E-state index contributed by atoms with van der Waals surface area (Å²) in [5.41, 5.74) is 2.68. The van der Waals surface area contributed by atoms with E-state index in [1.807, 2.05) is 25.1 Å². The average molecular weight is 295 g/mol. The van der Waals surface area contributed by atoms with E-state index in [9.17, 15) is 4.79 Å². The van der Waals surface area contributed by atoms with Crippen LogP contribution in [0.3, 0.4) is 0 Å². The zero-order valence-electron chi connectivity index (χ0n) is 12.4. The van der Waals surface area contributed by atoms with Crippen LogP contribution in [-0.4, -0.2) is 35.1 Å². The molecular weight excluding hydrogens is 278 g/mol. The van der Waals surface area contributed by atoms with Crippen LogP contribution in [0.1, 0.15) is 12.1 Å². The van der Waals surface area contributed by atoms with Crippen LogP contribution in [0.4, 0.5) is 22.0 Å². The molecular formula is C16H17N5O. The minimum atomic E-state index is -0.128. The van der Waals surface area contributed by atoms with E-state index in [-0.39, 0.29) is 12.1 Å². The number of carbonyl (C=O) groups is 1. The van der Waals surface area contributed by atoms with Crippen LogP contribution >= 0.6 is 0 Å². The number of aryl methyl sites for hydroxylation is 1. The molecule has 2 aromatic rings.